The van der Waals surface area contributed by atoms with Crippen LogP contribution in [0.15, 0.2) is 35.6 Å². The lowest BCUT2D eigenvalue weighted by Crippen LogP contribution is -2.58. The van der Waals surface area contributed by atoms with Gasteiger partial charge in [0, 0.05) is 24.8 Å². The maximum Gasteiger partial charge on any atom is 0.341 e. The van der Waals surface area contributed by atoms with E-state index < -0.39 is 41.6 Å². The zero-order valence-electron chi connectivity index (χ0n) is 21.4. The number of hydrogen-bond donors (Lipinski definition) is 0. The van der Waals surface area contributed by atoms with Gasteiger partial charge in [0.15, 0.2) is 17.4 Å². The highest BCUT2D eigenvalue weighted by Crippen LogP contribution is 2.32. The largest absolute Gasteiger partial charge is 0.483 e. The monoisotopic (exact) mass is 542 g/mol. The number of hydrazone groups is 1. The summed E-state index contributed by atoms with van der Waals surface area (Å²) >= 11 is 0. The molecule has 1 fully saturated rings. The van der Waals surface area contributed by atoms with E-state index in [1.54, 1.807) is 20.8 Å². The van der Waals surface area contributed by atoms with Gasteiger partial charge in [-0.15, -0.1) is 0 Å². The van der Waals surface area contributed by atoms with Crippen molar-refractivity contribution in [1.29, 1.82) is 0 Å². The fourth-order valence-electron chi connectivity index (χ4n) is 4.62. The van der Waals surface area contributed by atoms with Crippen LogP contribution in [-0.2, 0) is 4.74 Å². The molecule has 10 nitrogen and oxygen atoms in total. The molecule has 2 amide bonds. The van der Waals surface area contributed by atoms with Crippen LogP contribution < -0.4 is 4.74 Å². The molecule has 0 radical (unpaired) electrons. The number of carbonyl (C=O) groups is 2. The summed E-state index contributed by atoms with van der Waals surface area (Å²) in [4.78, 5) is 30.8. The molecular weight excluding hydrogens is 517 g/mol. The number of urea groups is 1. The molecule has 1 atom stereocenters. The van der Waals surface area contributed by atoms with Gasteiger partial charge < -0.3 is 14.4 Å². The minimum Gasteiger partial charge on any atom is -0.483 e. The third-order valence-electron chi connectivity index (χ3n) is 6.50. The highest BCUT2D eigenvalue weighted by molar-refractivity contribution is 5.92. The van der Waals surface area contributed by atoms with Gasteiger partial charge in [-0.1, -0.05) is 0 Å². The Morgan fingerprint density at radius 1 is 1.08 bits per heavy atom. The van der Waals surface area contributed by atoms with E-state index in [9.17, 15) is 22.8 Å². The van der Waals surface area contributed by atoms with Crippen molar-refractivity contribution in [3.05, 3.63) is 70.4 Å². The number of halogens is 3. The molecule has 1 saturated heterocycles. The summed E-state index contributed by atoms with van der Waals surface area (Å²) < 4.78 is 54.3. The van der Waals surface area contributed by atoms with Crippen molar-refractivity contribution in [1.82, 2.24) is 24.7 Å². The number of carbonyl (C=O) groups excluding carboxylic acids is 2. The summed E-state index contributed by atoms with van der Waals surface area (Å²) in [5.74, 6) is -2.53. The lowest BCUT2D eigenvalue weighted by Gasteiger charge is -2.41. The Hall–Kier alpha value is -4.42. The van der Waals surface area contributed by atoms with E-state index in [2.05, 4.69) is 15.2 Å². The van der Waals surface area contributed by atoms with Crippen molar-refractivity contribution in [3.63, 3.8) is 0 Å². The average molecular weight is 543 g/mol. The van der Waals surface area contributed by atoms with E-state index in [1.807, 2.05) is 0 Å². The lowest BCUT2D eigenvalue weighted by atomic mass is 10.0. The fraction of sp³-hybridized carbons (Fsp3) is 0.346. The molecule has 39 heavy (non-hydrogen) atoms. The van der Waals surface area contributed by atoms with Crippen LogP contribution in [0.5, 0.6) is 5.75 Å². The molecule has 0 unspecified atom stereocenters. The lowest BCUT2D eigenvalue weighted by molar-refractivity contribution is 0.0256. The van der Waals surface area contributed by atoms with Crippen molar-refractivity contribution < 1.29 is 32.2 Å². The molecule has 0 saturated carbocycles. The topological polar surface area (TPSA) is 102 Å². The van der Waals surface area contributed by atoms with Gasteiger partial charge in [-0.05, 0) is 38.5 Å². The molecule has 3 aromatic rings. The van der Waals surface area contributed by atoms with Crippen molar-refractivity contribution in [3.8, 4) is 11.6 Å². The van der Waals surface area contributed by atoms with Gasteiger partial charge in [-0.3, -0.25) is 0 Å². The number of rotatable bonds is 6. The van der Waals surface area contributed by atoms with E-state index in [1.165, 1.54) is 39.0 Å². The number of amides is 2. The molecule has 2 aromatic heterocycles. The predicted molar refractivity (Wildman–Crippen MR) is 132 cm³/mol. The summed E-state index contributed by atoms with van der Waals surface area (Å²) in [6.07, 6.45) is 2.32. The minimum atomic E-state index is -0.738. The van der Waals surface area contributed by atoms with Crippen LogP contribution in [0.25, 0.3) is 5.82 Å². The predicted octanol–water partition coefficient (Wildman–Crippen LogP) is 4.09. The number of aromatic nitrogens is 3. The summed E-state index contributed by atoms with van der Waals surface area (Å²) in [6.45, 7) is 5.56. The number of esters is 1. The van der Waals surface area contributed by atoms with Crippen LogP contribution >= 0.6 is 0 Å². The van der Waals surface area contributed by atoms with E-state index in [4.69, 9.17) is 9.47 Å². The van der Waals surface area contributed by atoms with Crippen molar-refractivity contribution >= 4 is 18.2 Å². The molecule has 0 bridgehead atoms. The Kier molecular flexibility index (Phi) is 6.98. The molecule has 204 valence electrons. The number of benzene rings is 1. The van der Waals surface area contributed by atoms with E-state index >= 15 is 0 Å². The van der Waals surface area contributed by atoms with E-state index in [0.29, 0.717) is 28.9 Å². The molecule has 4 heterocycles. The third kappa shape index (κ3) is 5.03. The summed E-state index contributed by atoms with van der Waals surface area (Å²) in [5.41, 5.74) is 1.53. The SMILES string of the molecule is CCOC(=O)c1c(C)nn(-c2cc(OC3CN(C(=O)N4N=CC[C@H]4c4cc(F)cc(F)c4)C3)c(F)cn2)c1C. The van der Waals surface area contributed by atoms with Crippen LogP contribution in [0, 0.1) is 31.3 Å². The second kappa shape index (κ2) is 10.4. The smallest absolute Gasteiger partial charge is 0.341 e. The van der Waals surface area contributed by atoms with Gasteiger partial charge in [-0.25, -0.2) is 37.4 Å². The van der Waals surface area contributed by atoms with Crippen LogP contribution in [-0.4, -0.2) is 68.7 Å². The summed E-state index contributed by atoms with van der Waals surface area (Å²) in [5, 5.41) is 9.61. The Labute approximate surface area is 221 Å². The van der Waals surface area contributed by atoms with Gasteiger partial charge >= 0.3 is 12.0 Å². The van der Waals surface area contributed by atoms with Crippen LogP contribution in [0.4, 0.5) is 18.0 Å². The average Bonchev–Trinajstić information content (AvgIpc) is 3.46. The van der Waals surface area contributed by atoms with Gasteiger partial charge in [0.25, 0.3) is 0 Å². The Morgan fingerprint density at radius 2 is 1.79 bits per heavy atom. The van der Waals surface area contributed by atoms with Crippen molar-refractivity contribution in [2.24, 2.45) is 5.10 Å². The molecule has 13 heteroatoms. The number of nitrogens with zero attached hydrogens (tertiary/aromatic N) is 6. The molecule has 2 aliphatic rings. The number of pyridine rings is 1. The van der Waals surface area contributed by atoms with Gasteiger partial charge in [0.2, 0.25) is 0 Å². The third-order valence-corrected chi connectivity index (χ3v) is 6.50. The van der Waals surface area contributed by atoms with Crippen molar-refractivity contribution in [2.45, 2.75) is 39.3 Å². The van der Waals surface area contributed by atoms with Gasteiger partial charge in [0.05, 0.1) is 43.3 Å². The molecule has 0 aliphatic carbocycles. The normalized spacial score (nSPS) is 16.9. The first-order chi connectivity index (χ1) is 18.7. The maximum atomic E-state index is 14.6. The van der Waals surface area contributed by atoms with Crippen LogP contribution in [0.3, 0.4) is 0 Å². The Balaban J connectivity index is 1.26. The standard InChI is InChI=1S/C26H25F3N6O4/c1-4-38-25(36)24-14(2)32-34(15(24)3)23-10-22(20(29)11-30-23)39-19-12-33(13-19)26(37)35-21(5-6-31-35)16-7-17(27)9-18(28)8-16/h6-11,19,21H,4-5,12-13H2,1-3H3/t21-/m0/s1. The van der Waals surface area contributed by atoms with Gasteiger partial charge in [0.1, 0.15) is 23.3 Å². The number of ether oxygens (including phenoxy) is 2. The first-order valence-corrected chi connectivity index (χ1v) is 12.3. The molecule has 0 spiro atoms. The first-order valence-electron chi connectivity index (χ1n) is 12.3. The second-order valence-corrected chi connectivity index (χ2v) is 9.18. The summed E-state index contributed by atoms with van der Waals surface area (Å²) in [6, 6.07) is 3.39. The van der Waals surface area contributed by atoms with E-state index in [0.717, 1.165) is 12.3 Å². The van der Waals surface area contributed by atoms with Crippen LogP contribution in [0.1, 0.15) is 46.7 Å². The second-order valence-electron chi connectivity index (χ2n) is 9.18. The Bertz CT molecular complexity index is 1450. The molecule has 2 aliphatic heterocycles. The minimum absolute atomic E-state index is 0.0883. The number of hydrogen-bond acceptors (Lipinski definition) is 7. The highest BCUT2D eigenvalue weighted by atomic mass is 19.1. The number of likely N-dealkylation sites (tertiary alicyclic amines) is 1. The Morgan fingerprint density at radius 3 is 2.49 bits per heavy atom. The zero-order valence-corrected chi connectivity index (χ0v) is 21.4. The molecular formula is C26H25F3N6O4. The van der Waals surface area contributed by atoms with Crippen LogP contribution in [0.2, 0.25) is 0 Å². The zero-order chi connectivity index (χ0) is 27.8. The fourth-order valence-corrected chi connectivity index (χ4v) is 4.62. The highest BCUT2D eigenvalue weighted by Gasteiger charge is 2.39. The molecule has 5 rings (SSSR count). The van der Waals surface area contributed by atoms with Crippen molar-refractivity contribution in [2.75, 3.05) is 19.7 Å². The van der Waals surface area contributed by atoms with E-state index in [-0.39, 0.29) is 31.3 Å². The molecule has 1 aromatic carbocycles. The number of aryl methyl sites for hydroxylation is 1. The molecule has 0 N–H and O–H groups in total. The summed E-state index contributed by atoms with van der Waals surface area (Å²) in [7, 11) is 0. The van der Waals surface area contributed by atoms with Gasteiger partial charge in [-0.2, -0.15) is 10.2 Å². The maximum absolute atomic E-state index is 14.6. The first kappa shape index (κ1) is 26.2. The quantitative estimate of drug-likeness (QED) is 0.435.